The van der Waals surface area contributed by atoms with Crippen molar-refractivity contribution >= 4 is 0 Å². The van der Waals surface area contributed by atoms with Crippen molar-refractivity contribution in [1.82, 2.24) is 4.90 Å². The van der Waals surface area contributed by atoms with Crippen molar-refractivity contribution in [3.8, 4) is 0 Å². The molecule has 82 valence electrons. The van der Waals surface area contributed by atoms with E-state index in [1.807, 2.05) is 6.07 Å². The Morgan fingerprint density at radius 1 is 1.40 bits per heavy atom. The van der Waals surface area contributed by atoms with Crippen LogP contribution in [0.25, 0.3) is 0 Å². The summed E-state index contributed by atoms with van der Waals surface area (Å²) in [5, 5.41) is 9.80. The Bertz CT molecular complexity index is 299. The van der Waals surface area contributed by atoms with Crippen molar-refractivity contribution in [2.75, 3.05) is 6.54 Å². The number of nitrogens with zero attached hydrogens (tertiary/aromatic N) is 1. The van der Waals surface area contributed by atoms with Crippen molar-refractivity contribution in [1.29, 1.82) is 0 Å². The van der Waals surface area contributed by atoms with Gasteiger partial charge in [-0.15, -0.1) is 0 Å². The quantitative estimate of drug-likeness (QED) is 0.743. The molecule has 1 aliphatic heterocycles. The van der Waals surface area contributed by atoms with Crippen LogP contribution in [0.15, 0.2) is 30.3 Å². The molecule has 1 unspecified atom stereocenters. The SMILES string of the molecule is CCC[C@H](O)[C@@H]1CN1Cc1ccccc1. The number of aliphatic hydroxyl groups excluding tert-OH is 1. The predicted octanol–water partition coefficient (Wildman–Crippen LogP) is 2.03. The van der Waals surface area contributed by atoms with Crippen molar-refractivity contribution in [2.45, 2.75) is 38.5 Å². The Morgan fingerprint density at radius 3 is 2.80 bits per heavy atom. The zero-order chi connectivity index (χ0) is 10.7. The lowest BCUT2D eigenvalue weighted by atomic mass is 10.1. The fourth-order valence-electron chi connectivity index (χ4n) is 2.05. The van der Waals surface area contributed by atoms with Gasteiger partial charge >= 0.3 is 0 Å². The summed E-state index contributed by atoms with van der Waals surface area (Å²) < 4.78 is 0. The van der Waals surface area contributed by atoms with Gasteiger partial charge in [0.1, 0.15) is 0 Å². The Morgan fingerprint density at radius 2 is 2.13 bits per heavy atom. The van der Waals surface area contributed by atoms with Crippen LogP contribution in [0.2, 0.25) is 0 Å². The van der Waals surface area contributed by atoms with Crippen molar-refractivity contribution in [3.05, 3.63) is 35.9 Å². The van der Waals surface area contributed by atoms with Crippen LogP contribution < -0.4 is 0 Å². The maximum absolute atomic E-state index is 9.80. The molecule has 15 heavy (non-hydrogen) atoms. The van der Waals surface area contributed by atoms with Gasteiger partial charge in [-0.1, -0.05) is 43.7 Å². The third-order valence-corrected chi connectivity index (χ3v) is 3.01. The first-order valence-corrected chi connectivity index (χ1v) is 5.77. The van der Waals surface area contributed by atoms with Crippen LogP contribution in [-0.2, 0) is 6.54 Å². The lowest BCUT2D eigenvalue weighted by Crippen LogP contribution is -2.18. The third kappa shape index (κ3) is 2.80. The van der Waals surface area contributed by atoms with E-state index in [0.717, 1.165) is 25.9 Å². The first-order valence-electron chi connectivity index (χ1n) is 5.77. The first-order chi connectivity index (χ1) is 7.31. The average Bonchev–Trinajstić information content (AvgIpc) is 2.99. The molecule has 3 atom stereocenters. The Labute approximate surface area is 91.5 Å². The zero-order valence-corrected chi connectivity index (χ0v) is 9.26. The van der Waals surface area contributed by atoms with Gasteiger partial charge in [0.25, 0.3) is 0 Å². The van der Waals surface area contributed by atoms with Crippen LogP contribution in [0.5, 0.6) is 0 Å². The number of rotatable bonds is 5. The highest BCUT2D eigenvalue weighted by Gasteiger charge is 2.38. The molecule has 1 aliphatic rings. The van der Waals surface area contributed by atoms with E-state index >= 15 is 0 Å². The van der Waals surface area contributed by atoms with E-state index in [0.29, 0.717) is 6.04 Å². The summed E-state index contributed by atoms with van der Waals surface area (Å²) in [5.74, 6) is 0. The highest BCUT2D eigenvalue weighted by atomic mass is 16.3. The van der Waals surface area contributed by atoms with Gasteiger partial charge in [-0.3, -0.25) is 4.90 Å². The largest absolute Gasteiger partial charge is 0.391 e. The maximum Gasteiger partial charge on any atom is 0.0707 e. The monoisotopic (exact) mass is 205 g/mol. The van der Waals surface area contributed by atoms with Gasteiger partial charge in [0, 0.05) is 19.1 Å². The molecule has 0 amide bonds. The van der Waals surface area contributed by atoms with Crippen LogP contribution in [0.3, 0.4) is 0 Å². The molecule has 1 aromatic carbocycles. The maximum atomic E-state index is 9.80. The van der Waals surface area contributed by atoms with E-state index in [4.69, 9.17) is 0 Å². The molecule has 2 rings (SSSR count). The highest BCUT2D eigenvalue weighted by molar-refractivity contribution is 5.16. The summed E-state index contributed by atoms with van der Waals surface area (Å²) in [6.07, 6.45) is 1.87. The lowest BCUT2D eigenvalue weighted by molar-refractivity contribution is 0.144. The number of aliphatic hydroxyl groups is 1. The first kappa shape index (κ1) is 10.7. The minimum Gasteiger partial charge on any atom is -0.391 e. The smallest absolute Gasteiger partial charge is 0.0707 e. The van der Waals surface area contributed by atoms with E-state index in [1.54, 1.807) is 0 Å². The Hall–Kier alpha value is -0.860. The second-order valence-corrected chi connectivity index (χ2v) is 4.34. The molecule has 1 saturated heterocycles. The molecule has 0 radical (unpaired) electrons. The van der Waals surface area contributed by atoms with Gasteiger partial charge in [0.15, 0.2) is 0 Å². The van der Waals surface area contributed by atoms with Crippen LogP contribution in [-0.4, -0.2) is 28.7 Å². The Balaban J connectivity index is 1.80. The van der Waals surface area contributed by atoms with Crippen LogP contribution >= 0.6 is 0 Å². The molecule has 0 aliphatic carbocycles. The number of hydrogen-bond donors (Lipinski definition) is 1. The standard InChI is InChI=1S/C13H19NO/c1-2-6-13(15)12-10-14(12)9-11-7-4-3-5-8-11/h3-5,7-8,12-13,15H,2,6,9-10H2,1H3/t12-,13-,14?/m0/s1. The molecule has 1 fully saturated rings. The van der Waals surface area contributed by atoms with Gasteiger partial charge in [-0.25, -0.2) is 0 Å². The molecule has 0 saturated carbocycles. The van der Waals surface area contributed by atoms with Gasteiger partial charge in [-0.2, -0.15) is 0 Å². The molecular formula is C13H19NO. The van der Waals surface area contributed by atoms with E-state index in [1.165, 1.54) is 5.56 Å². The van der Waals surface area contributed by atoms with E-state index < -0.39 is 0 Å². The molecule has 1 aromatic rings. The molecule has 1 N–H and O–H groups in total. The zero-order valence-electron chi connectivity index (χ0n) is 9.26. The predicted molar refractivity (Wildman–Crippen MR) is 61.6 cm³/mol. The van der Waals surface area contributed by atoms with E-state index in [9.17, 15) is 5.11 Å². The van der Waals surface area contributed by atoms with E-state index in [-0.39, 0.29) is 6.10 Å². The molecule has 0 aromatic heterocycles. The van der Waals surface area contributed by atoms with Gasteiger partial charge in [-0.05, 0) is 12.0 Å². The molecule has 2 heteroatoms. The summed E-state index contributed by atoms with van der Waals surface area (Å²) in [6.45, 7) is 4.15. The van der Waals surface area contributed by atoms with Crippen LogP contribution in [0, 0.1) is 0 Å². The van der Waals surface area contributed by atoms with Gasteiger partial charge < -0.3 is 5.11 Å². The average molecular weight is 205 g/mol. The fourth-order valence-corrected chi connectivity index (χ4v) is 2.05. The van der Waals surface area contributed by atoms with Crippen molar-refractivity contribution in [3.63, 3.8) is 0 Å². The Kier molecular flexibility index (Phi) is 3.39. The molecule has 1 heterocycles. The second-order valence-electron chi connectivity index (χ2n) is 4.34. The highest BCUT2D eigenvalue weighted by Crippen LogP contribution is 2.25. The second kappa shape index (κ2) is 4.77. The number of hydrogen-bond acceptors (Lipinski definition) is 2. The van der Waals surface area contributed by atoms with Gasteiger partial charge in [0.05, 0.1) is 6.10 Å². The fraction of sp³-hybridized carbons (Fsp3) is 0.538. The van der Waals surface area contributed by atoms with Crippen molar-refractivity contribution < 1.29 is 5.11 Å². The van der Waals surface area contributed by atoms with Gasteiger partial charge in [0.2, 0.25) is 0 Å². The molecule has 0 bridgehead atoms. The molecular weight excluding hydrogens is 186 g/mol. The minimum absolute atomic E-state index is 0.126. The lowest BCUT2D eigenvalue weighted by Gasteiger charge is -2.09. The molecule has 2 nitrogen and oxygen atoms in total. The minimum atomic E-state index is -0.126. The topological polar surface area (TPSA) is 23.2 Å². The molecule has 0 spiro atoms. The number of benzene rings is 1. The summed E-state index contributed by atoms with van der Waals surface area (Å²) in [6, 6.07) is 10.9. The van der Waals surface area contributed by atoms with Crippen LogP contribution in [0.1, 0.15) is 25.3 Å². The van der Waals surface area contributed by atoms with E-state index in [2.05, 4.69) is 36.1 Å². The van der Waals surface area contributed by atoms with Crippen molar-refractivity contribution in [2.24, 2.45) is 0 Å². The van der Waals surface area contributed by atoms with Crippen LogP contribution in [0.4, 0.5) is 0 Å². The summed E-state index contributed by atoms with van der Waals surface area (Å²) in [5.41, 5.74) is 1.34. The summed E-state index contributed by atoms with van der Waals surface area (Å²) in [7, 11) is 0. The normalized spacial score (nSPS) is 26.3. The third-order valence-electron chi connectivity index (χ3n) is 3.01. The summed E-state index contributed by atoms with van der Waals surface area (Å²) >= 11 is 0. The summed E-state index contributed by atoms with van der Waals surface area (Å²) in [4.78, 5) is 2.33.